The van der Waals surface area contributed by atoms with Crippen LogP contribution in [0.2, 0.25) is 0 Å². The van der Waals surface area contributed by atoms with Gasteiger partial charge in [0.25, 0.3) is 5.91 Å². The average molecular weight is 260 g/mol. The summed E-state index contributed by atoms with van der Waals surface area (Å²) in [5.41, 5.74) is 1.90. The minimum absolute atomic E-state index is 0.174. The summed E-state index contributed by atoms with van der Waals surface area (Å²) in [5.74, 6) is 0.720. The number of nitrogens with one attached hydrogen (secondary N) is 1. The highest BCUT2D eigenvalue weighted by molar-refractivity contribution is 5.95. The fourth-order valence-electron chi connectivity index (χ4n) is 2.56. The van der Waals surface area contributed by atoms with Crippen molar-refractivity contribution in [3.05, 3.63) is 35.4 Å². The Bertz CT molecular complexity index is 442. The number of amides is 1. The fourth-order valence-corrected chi connectivity index (χ4v) is 2.56. The topological polar surface area (TPSA) is 32.3 Å². The highest BCUT2D eigenvalue weighted by Gasteiger charge is 2.24. The average Bonchev–Trinajstić information content (AvgIpc) is 2.64. The first-order valence-corrected chi connectivity index (χ1v) is 7.18. The highest BCUT2D eigenvalue weighted by atomic mass is 16.2. The molecule has 1 unspecified atom stereocenters. The van der Waals surface area contributed by atoms with Gasteiger partial charge < -0.3 is 10.2 Å². The van der Waals surface area contributed by atoms with Crippen molar-refractivity contribution < 1.29 is 4.79 Å². The summed E-state index contributed by atoms with van der Waals surface area (Å²) in [6.07, 6.45) is 1.03. The second-order valence-corrected chi connectivity index (χ2v) is 5.72. The largest absolute Gasteiger partial charge is 0.337 e. The lowest BCUT2D eigenvalue weighted by Crippen LogP contribution is -2.43. The van der Waals surface area contributed by atoms with Crippen molar-refractivity contribution >= 4 is 5.91 Å². The maximum Gasteiger partial charge on any atom is 0.254 e. The Hall–Kier alpha value is -1.35. The monoisotopic (exact) mass is 260 g/mol. The molecule has 1 heterocycles. The van der Waals surface area contributed by atoms with Crippen molar-refractivity contribution in [2.45, 2.75) is 33.2 Å². The van der Waals surface area contributed by atoms with Gasteiger partial charge in [-0.25, -0.2) is 0 Å². The zero-order chi connectivity index (χ0) is 13.8. The number of rotatable bonds is 2. The van der Waals surface area contributed by atoms with Crippen LogP contribution in [0.25, 0.3) is 0 Å². The maximum absolute atomic E-state index is 12.6. The predicted molar refractivity (Wildman–Crippen MR) is 78.3 cm³/mol. The van der Waals surface area contributed by atoms with Crippen LogP contribution < -0.4 is 5.32 Å². The van der Waals surface area contributed by atoms with Gasteiger partial charge in [0.2, 0.25) is 0 Å². The molecule has 1 aliphatic heterocycles. The van der Waals surface area contributed by atoms with Crippen LogP contribution in [0.1, 0.15) is 36.2 Å². The van der Waals surface area contributed by atoms with E-state index >= 15 is 0 Å². The van der Waals surface area contributed by atoms with E-state index in [4.69, 9.17) is 0 Å². The summed E-state index contributed by atoms with van der Waals surface area (Å²) in [5, 5.41) is 3.54. The molecule has 0 radical (unpaired) electrons. The zero-order valence-corrected chi connectivity index (χ0v) is 12.1. The molecular formula is C16H24N2O. The number of hydrogen-bond donors (Lipinski definition) is 1. The number of aryl methyl sites for hydroxylation is 1. The van der Waals surface area contributed by atoms with Crippen LogP contribution in [0.3, 0.4) is 0 Å². The second kappa shape index (κ2) is 6.20. The molecule has 1 aliphatic rings. The Balaban J connectivity index is 2.15. The van der Waals surface area contributed by atoms with Gasteiger partial charge in [0.1, 0.15) is 0 Å². The van der Waals surface area contributed by atoms with E-state index in [-0.39, 0.29) is 5.91 Å². The van der Waals surface area contributed by atoms with Crippen molar-refractivity contribution in [3.8, 4) is 0 Å². The molecule has 104 valence electrons. The molecule has 1 amide bonds. The number of carbonyl (C=O) groups is 1. The molecule has 19 heavy (non-hydrogen) atoms. The molecule has 1 fully saturated rings. The minimum atomic E-state index is 0.174. The summed E-state index contributed by atoms with van der Waals surface area (Å²) in [4.78, 5) is 14.6. The van der Waals surface area contributed by atoms with Crippen molar-refractivity contribution in [3.63, 3.8) is 0 Å². The van der Waals surface area contributed by atoms with Crippen molar-refractivity contribution in [1.82, 2.24) is 10.2 Å². The van der Waals surface area contributed by atoms with E-state index in [1.165, 1.54) is 0 Å². The van der Waals surface area contributed by atoms with Crippen LogP contribution in [0.5, 0.6) is 0 Å². The first-order chi connectivity index (χ1) is 9.09. The van der Waals surface area contributed by atoms with Crippen molar-refractivity contribution in [1.29, 1.82) is 0 Å². The SMILES string of the molecule is Cc1ccccc1C(=O)N1CCCNC(C(C)C)C1. The van der Waals surface area contributed by atoms with Gasteiger partial charge in [-0.05, 0) is 37.4 Å². The number of carbonyl (C=O) groups excluding carboxylic acids is 1. The third-order valence-corrected chi connectivity index (χ3v) is 3.90. The number of benzene rings is 1. The van der Waals surface area contributed by atoms with E-state index in [0.717, 1.165) is 37.2 Å². The Kier molecular flexibility index (Phi) is 4.59. The van der Waals surface area contributed by atoms with E-state index in [9.17, 15) is 4.79 Å². The summed E-state index contributed by atoms with van der Waals surface area (Å²) in [6.45, 7) is 9.08. The second-order valence-electron chi connectivity index (χ2n) is 5.72. The van der Waals surface area contributed by atoms with Crippen molar-refractivity contribution in [2.24, 2.45) is 5.92 Å². The van der Waals surface area contributed by atoms with E-state index in [0.29, 0.717) is 12.0 Å². The van der Waals surface area contributed by atoms with Crippen LogP contribution in [-0.4, -0.2) is 36.5 Å². The van der Waals surface area contributed by atoms with Crippen LogP contribution in [-0.2, 0) is 0 Å². The molecule has 1 N–H and O–H groups in total. The van der Waals surface area contributed by atoms with Crippen LogP contribution in [0, 0.1) is 12.8 Å². The van der Waals surface area contributed by atoms with Gasteiger partial charge in [0, 0.05) is 24.7 Å². The van der Waals surface area contributed by atoms with Gasteiger partial charge in [-0.2, -0.15) is 0 Å². The van der Waals surface area contributed by atoms with Gasteiger partial charge in [0.15, 0.2) is 0 Å². The lowest BCUT2D eigenvalue weighted by Gasteiger charge is -2.27. The smallest absolute Gasteiger partial charge is 0.254 e. The molecule has 0 spiro atoms. The van der Waals surface area contributed by atoms with E-state index in [2.05, 4.69) is 19.2 Å². The molecule has 0 aromatic heterocycles. The molecule has 0 bridgehead atoms. The van der Waals surface area contributed by atoms with Crippen LogP contribution >= 0.6 is 0 Å². The van der Waals surface area contributed by atoms with Gasteiger partial charge in [-0.15, -0.1) is 0 Å². The molecule has 1 aromatic rings. The number of hydrogen-bond acceptors (Lipinski definition) is 2. The lowest BCUT2D eigenvalue weighted by molar-refractivity contribution is 0.0744. The van der Waals surface area contributed by atoms with E-state index < -0.39 is 0 Å². The lowest BCUT2D eigenvalue weighted by atomic mass is 10.0. The van der Waals surface area contributed by atoms with Gasteiger partial charge in [-0.1, -0.05) is 32.0 Å². The Morgan fingerprint density at radius 2 is 2.11 bits per heavy atom. The summed E-state index contributed by atoms with van der Waals surface area (Å²) in [6, 6.07) is 8.25. The Labute approximate surface area is 116 Å². The zero-order valence-electron chi connectivity index (χ0n) is 12.1. The molecule has 2 rings (SSSR count). The molecular weight excluding hydrogens is 236 g/mol. The van der Waals surface area contributed by atoms with Crippen LogP contribution in [0.4, 0.5) is 0 Å². The normalized spacial score (nSPS) is 20.4. The van der Waals surface area contributed by atoms with E-state index in [1.54, 1.807) is 0 Å². The molecule has 1 saturated heterocycles. The molecule has 3 heteroatoms. The third kappa shape index (κ3) is 3.35. The quantitative estimate of drug-likeness (QED) is 0.886. The first-order valence-electron chi connectivity index (χ1n) is 7.18. The molecule has 1 atom stereocenters. The van der Waals surface area contributed by atoms with E-state index in [1.807, 2.05) is 36.1 Å². The molecule has 0 saturated carbocycles. The highest BCUT2D eigenvalue weighted by Crippen LogP contribution is 2.14. The third-order valence-electron chi connectivity index (χ3n) is 3.90. The molecule has 3 nitrogen and oxygen atoms in total. The standard InChI is InChI=1S/C16H24N2O/c1-12(2)15-11-18(10-6-9-17-15)16(19)14-8-5-4-7-13(14)3/h4-5,7-8,12,15,17H,6,9-11H2,1-3H3. The van der Waals surface area contributed by atoms with Gasteiger partial charge in [0.05, 0.1) is 0 Å². The Morgan fingerprint density at radius 3 is 2.79 bits per heavy atom. The molecule has 0 aliphatic carbocycles. The van der Waals surface area contributed by atoms with Gasteiger partial charge in [-0.3, -0.25) is 4.79 Å². The number of nitrogens with zero attached hydrogens (tertiary/aromatic N) is 1. The Morgan fingerprint density at radius 1 is 1.37 bits per heavy atom. The van der Waals surface area contributed by atoms with Gasteiger partial charge >= 0.3 is 0 Å². The first kappa shape index (κ1) is 14.1. The predicted octanol–water partition coefficient (Wildman–Crippen LogP) is 2.46. The van der Waals surface area contributed by atoms with Crippen molar-refractivity contribution in [2.75, 3.05) is 19.6 Å². The van der Waals surface area contributed by atoms with Crippen LogP contribution in [0.15, 0.2) is 24.3 Å². The summed E-state index contributed by atoms with van der Waals surface area (Å²) in [7, 11) is 0. The maximum atomic E-state index is 12.6. The summed E-state index contributed by atoms with van der Waals surface area (Å²) >= 11 is 0. The fraction of sp³-hybridized carbons (Fsp3) is 0.562. The minimum Gasteiger partial charge on any atom is -0.337 e. The molecule has 1 aromatic carbocycles. The summed E-state index contributed by atoms with van der Waals surface area (Å²) < 4.78 is 0.